The number of carbonyl (C=O) groups is 1. The van der Waals surface area contributed by atoms with Gasteiger partial charge in [-0.05, 0) is 37.6 Å². The van der Waals surface area contributed by atoms with E-state index in [2.05, 4.69) is 4.98 Å². The van der Waals surface area contributed by atoms with Crippen LogP contribution in [0.2, 0.25) is 0 Å². The minimum Gasteiger partial charge on any atom is -0.473 e. The van der Waals surface area contributed by atoms with Crippen molar-refractivity contribution in [2.75, 3.05) is 13.1 Å². The van der Waals surface area contributed by atoms with E-state index in [0.29, 0.717) is 24.4 Å². The third-order valence-electron chi connectivity index (χ3n) is 4.87. The van der Waals surface area contributed by atoms with Crippen molar-refractivity contribution in [3.05, 3.63) is 66.2 Å². The molecule has 1 aliphatic heterocycles. The summed E-state index contributed by atoms with van der Waals surface area (Å²) in [6.07, 6.45) is 0.346. The Morgan fingerprint density at radius 1 is 1.07 bits per heavy atom. The molecular weight excluding hydrogens is 376 g/mol. The Morgan fingerprint density at radius 2 is 1.82 bits per heavy atom. The Kier molecular flexibility index (Phi) is 4.87. The fourth-order valence-corrected chi connectivity index (χ4v) is 4.79. The molecule has 0 bridgehead atoms. The Labute approximate surface area is 163 Å². The molecular formula is C21H20N2O4S. The van der Waals surface area contributed by atoms with Crippen LogP contribution in [0.3, 0.4) is 0 Å². The lowest BCUT2D eigenvalue weighted by molar-refractivity contribution is 0.101. The van der Waals surface area contributed by atoms with Gasteiger partial charge in [0.1, 0.15) is 6.10 Å². The van der Waals surface area contributed by atoms with Crippen LogP contribution >= 0.6 is 0 Å². The maximum Gasteiger partial charge on any atom is 0.243 e. The van der Waals surface area contributed by atoms with Crippen LogP contribution in [0, 0.1) is 0 Å². The van der Waals surface area contributed by atoms with Crippen LogP contribution in [0.4, 0.5) is 0 Å². The first-order valence-corrected chi connectivity index (χ1v) is 10.5. The Hall–Kier alpha value is -2.77. The molecule has 0 N–H and O–H groups in total. The van der Waals surface area contributed by atoms with E-state index in [4.69, 9.17) is 4.74 Å². The normalized spacial score (nSPS) is 17.7. The highest BCUT2D eigenvalue weighted by Crippen LogP contribution is 2.25. The monoisotopic (exact) mass is 396 g/mol. The molecule has 7 heteroatoms. The summed E-state index contributed by atoms with van der Waals surface area (Å²) in [5.74, 6) is 0.398. The average Bonchev–Trinajstić information content (AvgIpc) is 3.17. The van der Waals surface area contributed by atoms with Gasteiger partial charge < -0.3 is 4.74 Å². The lowest BCUT2D eigenvalue weighted by Gasteiger charge is -2.17. The first-order valence-electron chi connectivity index (χ1n) is 9.07. The van der Waals surface area contributed by atoms with Gasteiger partial charge in [-0.1, -0.05) is 30.3 Å². The van der Waals surface area contributed by atoms with Crippen molar-refractivity contribution < 1.29 is 17.9 Å². The van der Waals surface area contributed by atoms with Gasteiger partial charge in [0.25, 0.3) is 0 Å². The van der Waals surface area contributed by atoms with Crippen LogP contribution in [0.25, 0.3) is 10.9 Å². The minimum atomic E-state index is -3.62. The van der Waals surface area contributed by atoms with Crippen LogP contribution < -0.4 is 4.74 Å². The molecule has 6 nitrogen and oxygen atoms in total. The maximum absolute atomic E-state index is 12.9. The van der Waals surface area contributed by atoms with Crippen molar-refractivity contribution in [1.82, 2.24) is 9.29 Å². The van der Waals surface area contributed by atoms with E-state index in [1.54, 1.807) is 6.07 Å². The second-order valence-corrected chi connectivity index (χ2v) is 8.75. The fraction of sp³-hybridized carbons (Fsp3) is 0.238. The van der Waals surface area contributed by atoms with E-state index in [-0.39, 0.29) is 23.3 Å². The summed E-state index contributed by atoms with van der Waals surface area (Å²) in [6, 6.07) is 17.5. The molecule has 1 atom stereocenters. The number of ketones is 1. The molecule has 1 saturated heterocycles. The predicted octanol–water partition coefficient (Wildman–Crippen LogP) is 3.28. The van der Waals surface area contributed by atoms with Crippen LogP contribution in [0.1, 0.15) is 23.7 Å². The number of hydrogen-bond acceptors (Lipinski definition) is 5. The number of nitrogens with zero attached hydrogens (tertiary/aromatic N) is 2. The molecule has 0 saturated carbocycles. The van der Waals surface area contributed by atoms with Crippen molar-refractivity contribution in [2.45, 2.75) is 24.3 Å². The summed E-state index contributed by atoms with van der Waals surface area (Å²) < 4.78 is 33.1. The van der Waals surface area contributed by atoms with E-state index in [1.165, 1.54) is 35.5 Å². The summed E-state index contributed by atoms with van der Waals surface area (Å²) in [5, 5.41) is 1.03. The molecule has 0 amide bonds. The maximum atomic E-state index is 12.9. The molecule has 0 aliphatic carbocycles. The first kappa shape index (κ1) is 18.6. The van der Waals surface area contributed by atoms with Gasteiger partial charge in [-0.15, -0.1) is 0 Å². The third kappa shape index (κ3) is 3.63. The number of hydrogen-bond donors (Lipinski definition) is 0. The van der Waals surface area contributed by atoms with Crippen molar-refractivity contribution in [1.29, 1.82) is 0 Å². The summed E-state index contributed by atoms with van der Waals surface area (Å²) in [7, 11) is -3.62. The second-order valence-electron chi connectivity index (χ2n) is 6.81. The molecule has 2 heterocycles. The standard InChI is InChI=1S/C21H20N2O4S/c1-15(24)16-6-9-19(10-7-16)28(25,26)23-13-12-18(14-23)27-21-11-8-17-4-2-3-5-20(17)22-21/h2-11,18H,12-14H2,1H3. The number of fused-ring (bicyclic) bond motifs is 1. The molecule has 3 aromatic rings. The molecule has 0 radical (unpaired) electrons. The minimum absolute atomic E-state index is 0.0959. The zero-order valence-corrected chi connectivity index (χ0v) is 16.2. The Morgan fingerprint density at radius 3 is 2.57 bits per heavy atom. The molecule has 28 heavy (non-hydrogen) atoms. The number of ether oxygens (including phenoxy) is 1. The fourth-order valence-electron chi connectivity index (χ4n) is 3.31. The SMILES string of the molecule is CC(=O)c1ccc(S(=O)(=O)N2CCC(Oc3ccc4ccccc4n3)C2)cc1. The average molecular weight is 396 g/mol. The van der Waals surface area contributed by atoms with E-state index < -0.39 is 10.0 Å². The molecule has 1 unspecified atom stereocenters. The number of Topliss-reactive ketones (excluding diaryl/α,β-unsaturated/α-hetero) is 1. The van der Waals surface area contributed by atoms with E-state index >= 15 is 0 Å². The zero-order chi connectivity index (χ0) is 19.7. The van der Waals surface area contributed by atoms with Gasteiger partial charge in [0.2, 0.25) is 15.9 Å². The van der Waals surface area contributed by atoms with Crippen LogP contribution in [-0.4, -0.2) is 42.7 Å². The van der Waals surface area contributed by atoms with Gasteiger partial charge in [0, 0.05) is 23.6 Å². The smallest absolute Gasteiger partial charge is 0.243 e. The van der Waals surface area contributed by atoms with Crippen molar-refractivity contribution in [2.24, 2.45) is 0 Å². The number of pyridine rings is 1. The molecule has 4 rings (SSSR count). The number of sulfonamides is 1. The van der Waals surface area contributed by atoms with Gasteiger partial charge in [0.05, 0.1) is 17.0 Å². The number of para-hydroxylation sites is 1. The summed E-state index contributed by atoms with van der Waals surface area (Å²) >= 11 is 0. The van der Waals surface area contributed by atoms with Crippen molar-refractivity contribution in [3.8, 4) is 5.88 Å². The van der Waals surface area contributed by atoms with Crippen molar-refractivity contribution in [3.63, 3.8) is 0 Å². The van der Waals surface area contributed by atoms with Gasteiger partial charge in [-0.2, -0.15) is 4.31 Å². The molecule has 2 aromatic carbocycles. The van der Waals surface area contributed by atoms with Crippen LogP contribution in [0.15, 0.2) is 65.6 Å². The van der Waals surface area contributed by atoms with Crippen molar-refractivity contribution >= 4 is 26.7 Å². The second kappa shape index (κ2) is 7.33. The third-order valence-corrected chi connectivity index (χ3v) is 6.75. The summed E-state index contributed by atoms with van der Waals surface area (Å²) in [5.41, 5.74) is 1.33. The van der Waals surface area contributed by atoms with Gasteiger partial charge in [-0.25, -0.2) is 13.4 Å². The van der Waals surface area contributed by atoms with Gasteiger partial charge >= 0.3 is 0 Å². The first-order chi connectivity index (χ1) is 13.4. The summed E-state index contributed by atoms with van der Waals surface area (Å²) in [4.78, 5) is 16.0. The number of aromatic nitrogens is 1. The Bertz CT molecular complexity index is 1130. The van der Waals surface area contributed by atoms with E-state index in [1.807, 2.05) is 30.3 Å². The van der Waals surface area contributed by atoms with Gasteiger partial charge in [-0.3, -0.25) is 4.79 Å². The quantitative estimate of drug-likeness (QED) is 0.619. The molecule has 1 aliphatic rings. The Balaban J connectivity index is 1.47. The highest BCUT2D eigenvalue weighted by atomic mass is 32.2. The predicted molar refractivity (Wildman–Crippen MR) is 106 cm³/mol. The van der Waals surface area contributed by atoms with Gasteiger partial charge in [0.15, 0.2) is 5.78 Å². The molecule has 1 fully saturated rings. The molecule has 144 valence electrons. The largest absolute Gasteiger partial charge is 0.473 e. The number of carbonyl (C=O) groups excluding carboxylic acids is 1. The van der Waals surface area contributed by atoms with E-state index in [0.717, 1.165) is 10.9 Å². The highest BCUT2D eigenvalue weighted by molar-refractivity contribution is 7.89. The lowest BCUT2D eigenvalue weighted by atomic mass is 10.2. The van der Waals surface area contributed by atoms with E-state index in [9.17, 15) is 13.2 Å². The zero-order valence-electron chi connectivity index (χ0n) is 15.4. The lowest BCUT2D eigenvalue weighted by Crippen LogP contribution is -2.31. The highest BCUT2D eigenvalue weighted by Gasteiger charge is 2.33. The molecule has 0 spiro atoms. The van der Waals surface area contributed by atoms with Crippen LogP contribution in [0.5, 0.6) is 5.88 Å². The molecule has 1 aromatic heterocycles. The summed E-state index contributed by atoms with van der Waals surface area (Å²) in [6.45, 7) is 2.10. The number of rotatable bonds is 5. The topological polar surface area (TPSA) is 76.6 Å². The number of benzene rings is 2. The van der Waals surface area contributed by atoms with Crippen LogP contribution in [-0.2, 0) is 10.0 Å².